The van der Waals surface area contributed by atoms with Crippen molar-refractivity contribution < 1.29 is 0 Å². The van der Waals surface area contributed by atoms with E-state index in [1.165, 1.54) is 5.75 Å². The van der Waals surface area contributed by atoms with Crippen LogP contribution in [0.3, 0.4) is 0 Å². The molecule has 2 nitrogen and oxygen atoms in total. The van der Waals surface area contributed by atoms with Gasteiger partial charge in [-0.15, -0.1) is 0 Å². The van der Waals surface area contributed by atoms with Crippen LogP contribution < -0.4 is 5.32 Å². The molecule has 1 unspecified atom stereocenters. The van der Waals surface area contributed by atoms with E-state index in [0.29, 0.717) is 6.04 Å². The van der Waals surface area contributed by atoms with Crippen molar-refractivity contribution in [2.75, 3.05) is 16.8 Å². The Kier molecular flexibility index (Phi) is 5.54. The van der Waals surface area contributed by atoms with Gasteiger partial charge in [-0.2, -0.15) is 11.8 Å². The number of aromatic nitrogens is 1. The van der Waals surface area contributed by atoms with Crippen molar-refractivity contribution in [1.29, 1.82) is 0 Å². The molecule has 1 heterocycles. The van der Waals surface area contributed by atoms with Crippen LogP contribution in [0.1, 0.15) is 20.8 Å². The highest BCUT2D eigenvalue weighted by Gasteiger charge is 2.02. The molecule has 3 heteroatoms. The largest absolute Gasteiger partial charge is 0.381 e. The lowest BCUT2D eigenvalue weighted by molar-refractivity contribution is 0.748. The molecule has 0 aliphatic carbocycles. The lowest BCUT2D eigenvalue weighted by atomic mass is 10.3. The van der Waals surface area contributed by atoms with Gasteiger partial charge < -0.3 is 5.32 Å². The van der Waals surface area contributed by atoms with E-state index < -0.39 is 0 Å². The van der Waals surface area contributed by atoms with Gasteiger partial charge in [-0.05, 0) is 30.7 Å². The highest BCUT2D eigenvalue weighted by atomic mass is 32.2. The van der Waals surface area contributed by atoms with E-state index in [1.807, 2.05) is 24.0 Å². The second-order valence-corrected chi connectivity index (χ2v) is 5.29. The van der Waals surface area contributed by atoms with Crippen LogP contribution in [0.4, 0.5) is 5.69 Å². The Morgan fingerprint density at radius 1 is 1.33 bits per heavy atom. The van der Waals surface area contributed by atoms with Crippen molar-refractivity contribution in [2.24, 2.45) is 5.92 Å². The Morgan fingerprint density at radius 3 is 2.73 bits per heavy atom. The highest BCUT2D eigenvalue weighted by Crippen LogP contribution is 2.12. The molecule has 0 aliphatic rings. The number of thioether (sulfide) groups is 1. The van der Waals surface area contributed by atoms with Gasteiger partial charge in [-0.1, -0.05) is 13.8 Å². The number of pyridine rings is 1. The number of nitrogens with zero attached hydrogens (tertiary/aromatic N) is 1. The first-order valence-corrected chi connectivity index (χ1v) is 6.58. The number of anilines is 1. The smallest absolute Gasteiger partial charge is 0.0529 e. The van der Waals surface area contributed by atoms with Crippen molar-refractivity contribution in [1.82, 2.24) is 4.98 Å². The van der Waals surface area contributed by atoms with Crippen LogP contribution in [-0.2, 0) is 0 Å². The maximum atomic E-state index is 4.08. The molecule has 1 aromatic rings. The van der Waals surface area contributed by atoms with E-state index in [-0.39, 0.29) is 0 Å². The van der Waals surface area contributed by atoms with E-state index in [9.17, 15) is 0 Å². The molecule has 0 saturated carbocycles. The SMILES string of the molecule is CC(C)CSCC(C)Nc1cccnc1. The normalized spacial score (nSPS) is 12.8. The maximum absolute atomic E-state index is 4.08. The topological polar surface area (TPSA) is 24.9 Å². The van der Waals surface area contributed by atoms with E-state index in [0.717, 1.165) is 17.4 Å². The van der Waals surface area contributed by atoms with Gasteiger partial charge in [0, 0.05) is 24.2 Å². The summed E-state index contributed by atoms with van der Waals surface area (Å²) in [7, 11) is 0. The zero-order valence-corrected chi connectivity index (χ0v) is 10.6. The molecule has 0 aliphatic heterocycles. The molecule has 1 aromatic heterocycles. The number of nitrogens with one attached hydrogen (secondary N) is 1. The predicted molar refractivity (Wildman–Crippen MR) is 69.5 cm³/mol. The summed E-state index contributed by atoms with van der Waals surface area (Å²) in [5, 5.41) is 3.43. The first-order valence-electron chi connectivity index (χ1n) is 5.42. The van der Waals surface area contributed by atoms with Crippen LogP contribution in [0.15, 0.2) is 24.5 Å². The molecular formula is C12H20N2S. The van der Waals surface area contributed by atoms with E-state index >= 15 is 0 Å². The average Bonchev–Trinajstić information content (AvgIpc) is 2.18. The Balaban J connectivity index is 2.21. The van der Waals surface area contributed by atoms with Crippen LogP contribution in [0.5, 0.6) is 0 Å². The lowest BCUT2D eigenvalue weighted by Gasteiger charge is -2.15. The summed E-state index contributed by atoms with van der Waals surface area (Å²) < 4.78 is 0. The third-order valence-electron chi connectivity index (χ3n) is 1.89. The van der Waals surface area contributed by atoms with Crippen LogP contribution in [0, 0.1) is 5.92 Å². The summed E-state index contributed by atoms with van der Waals surface area (Å²) in [6.07, 6.45) is 3.66. The lowest BCUT2D eigenvalue weighted by Crippen LogP contribution is -2.18. The molecule has 0 radical (unpaired) electrons. The Morgan fingerprint density at radius 2 is 2.13 bits per heavy atom. The van der Waals surface area contributed by atoms with Crippen molar-refractivity contribution in [3.05, 3.63) is 24.5 Å². The average molecular weight is 224 g/mol. The zero-order valence-electron chi connectivity index (χ0n) is 9.73. The van der Waals surface area contributed by atoms with Crippen molar-refractivity contribution in [2.45, 2.75) is 26.8 Å². The summed E-state index contributed by atoms with van der Waals surface area (Å²) in [6.45, 7) is 6.72. The molecule has 15 heavy (non-hydrogen) atoms. The number of hydrogen-bond donors (Lipinski definition) is 1. The highest BCUT2D eigenvalue weighted by molar-refractivity contribution is 7.99. The molecule has 1 rings (SSSR count). The third-order valence-corrected chi connectivity index (χ3v) is 3.53. The summed E-state index contributed by atoms with van der Waals surface area (Å²) >= 11 is 2.01. The maximum Gasteiger partial charge on any atom is 0.0529 e. The standard InChI is InChI=1S/C12H20N2S/c1-10(2)8-15-9-11(3)14-12-5-4-6-13-7-12/h4-7,10-11,14H,8-9H2,1-3H3. The molecule has 0 aromatic carbocycles. The molecule has 0 bridgehead atoms. The van der Waals surface area contributed by atoms with Crippen LogP contribution >= 0.6 is 11.8 Å². The van der Waals surface area contributed by atoms with Gasteiger partial charge in [-0.25, -0.2) is 0 Å². The minimum atomic E-state index is 0.498. The van der Waals surface area contributed by atoms with E-state index in [4.69, 9.17) is 0 Å². The monoisotopic (exact) mass is 224 g/mol. The fourth-order valence-electron chi connectivity index (χ4n) is 1.25. The van der Waals surface area contributed by atoms with Crippen LogP contribution in [-0.4, -0.2) is 22.5 Å². The first kappa shape index (κ1) is 12.4. The molecule has 1 N–H and O–H groups in total. The summed E-state index contributed by atoms with van der Waals surface area (Å²) in [5.74, 6) is 3.16. The Hall–Kier alpha value is -0.700. The fraction of sp³-hybridized carbons (Fsp3) is 0.583. The van der Waals surface area contributed by atoms with Crippen LogP contribution in [0.25, 0.3) is 0 Å². The second kappa shape index (κ2) is 6.72. The molecule has 0 spiro atoms. The molecule has 84 valence electrons. The molecule has 0 amide bonds. The predicted octanol–water partition coefficient (Wildman–Crippen LogP) is 3.27. The van der Waals surface area contributed by atoms with Gasteiger partial charge in [0.25, 0.3) is 0 Å². The van der Waals surface area contributed by atoms with E-state index in [2.05, 4.69) is 37.1 Å². The number of hydrogen-bond acceptors (Lipinski definition) is 3. The van der Waals surface area contributed by atoms with Gasteiger partial charge in [0.2, 0.25) is 0 Å². The minimum absolute atomic E-state index is 0.498. The molecular weight excluding hydrogens is 204 g/mol. The van der Waals surface area contributed by atoms with Crippen molar-refractivity contribution >= 4 is 17.4 Å². The molecule has 1 atom stereocenters. The quantitative estimate of drug-likeness (QED) is 0.802. The number of rotatable bonds is 6. The van der Waals surface area contributed by atoms with E-state index in [1.54, 1.807) is 6.20 Å². The van der Waals surface area contributed by atoms with Crippen molar-refractivity contribution in [3.63, 3.8) is 0 Å². The molecule has 0 saturated heterocycles. The zero-order chi connectivity index (χ0) is 11.1. The first-order chi connectivity index (χ1) is 7.18. The Bertz CT molecular complexity index is 262. The van der Waals surface area contributed by atoms with Gasteiger partial charge in [0.1, 0.15) is 0 Å². The minimum Gasteiger partial charge on any atom is -0.381 e. The summed E-state index contributed by atoms with van der Waals surface area (Å²) in [6, 6.07) is 4.50. The third kappa shape index (κ3) is 5.67. The fourth-order valence-corrected chi connectivity index (χ4v) is 2.30. The Labute approximate surface area is 96.9 Å². The van der Waals surface area contributed by atoms with Gasteiger partial charge in [0.05, 0.1) is 5.69 Å². The second-order valence-electron chi connectivity index (χ2n) is 4.22. The van der Waals surface area contributed by atoms with Gasteiger partial charge >= 0.3 is 0 Å². The summed E-state index contributed by atoms with van der Waals surface area (Å²) in [4.78, 5) is 4.08. The van der Waals surface area contributed by atoms with Gasteiger partial charge in [0.15, 0.2) is 0 Å². The van der Waals surface area contributed by atoms with Crippen molar-refractivity contribution in [3.8, 4) is 0 Å². The van der Waals surface area contributed by atoms with Crippen LogP contribution in [0.2, 0.25) is 0 Å². The summed E-state index contributed by atoms with van der Waals surface area (Å²) in [5.41, 5.74) is 1.11. The van der Waals surface area contributed by atoms with Gasteiger partial charge in [-0.3, -0.25) is 4.98 Å². The molecule has 0 fully saturated rings.